The molecule has 3 amide bonds. The molecule has 142 valence electrons. The van der Waals surface area contributed by atoms with Crippen LogP contribution in [0.5, 0.6) is 0 Å². The van der Waals surface area contributed by atoms with Crippen LogP contribution in [-0.2, 0) is 4.79 Å². The Balaban J connectivity index is 1.93. The van der Waals surface area contributed by atoms with E-state index in [9.17, 15) is 18.4 Å². The summed E-state index contributed by atoms with van der Waals surface area (Å²) < 4.78 is 28.3. The smallest absolute Gasteiger partial charge is 0.318 e. The Morgan fingerprint density at radius 1 is 1.31 bits per heavy atom. The summed E-state index contributed by atoms with van der Waals surface area (Å²) in [5.41, 5.74) is 5.46. The highest BCUT2D eigenvalue weighted by Gasteiger charge is 2.39. The highest BCUT2D eigenvalue weighted by atomic mass is 35.5. The first-order valence-corrected chi connectivity index (χ1v) is 9.26. The van der Waals surface area contributed by atoms with Gasteiger partial charge in [0.2, 0.25) is 5.91 Å². The zero-order valence-electron chi connectivity index (χ0n) is 14.3. The minimum Gasteiger partial charge on any atom is -0.368 e. The van der Waals surface area contributed by atoms with Crippen molar-refractivity contribution in [2.75, 3.05) is 6.54 Å². The zero-order chi connectivity index (χ0) is 18.8. The average Bonchev–Trinajstić information content (AvgIpc) is 3.01. The van der Waals surface area contributed by atoms with Crippen molar-refractivity contribution >= 4 is 23.5 Å². The Labute approximate surface area is 155 Å². The highest BCUT2D eigenvalue weighted by molar-refractivity contribution is 6.31. The quantitative estimate of drug-likeness (QED) is 0.761. The molecule has 1 unspecified atom stereocenters. The Bertz CT molecular complexity index is 710. The first-order chi connectivity index (χ1) is 12.4. The lowest BCUT2D eigenvalue weighted by Crippen LogP contribution is -2.39. The van der Waals surface area contributed by atoms with Gasteiger partial charge < -0.3 is 16.0 Å². The number of hydrogen-bond acceptors (Lipinski definition) is 2. The largest absolute Gasteiger partial charge is 0.368 e. The van der Waals surface area contributed by atoms with E-state index in [1.165, 1.54) is 17.4 Å². The van der Waals surface area contributed by atoms with E-state index in [0.717, 1.165) is 31.7 Å². The van der Waals surface area contributed by atoms with Crippen molar-refractivity contribution in [1.29, 1.82) is 0 Å². The average molecular weight is 386 g/mol. The van der Waals surface area contributed by atoms with Gasteiger partial charge in [0.05, 0.1) is 12.6 Å². The van der Waals surface area contributed by atoms with Gasteiger partial charge in [-0.05, 0) is 18.4 Å². The van der Waals surface area contributed by atoms with E-state index in [1.54, 1.807) is 0 Å². The third kappa shape index (κ3) is 3.77. The lowest BCUT2D eigenvalue weighted by atomic mass is 9.83. The number of nitrogens with zero attached hydrogens (tertiary/aromatic N) is 1. The summed E-state index contributed by atoms with van der Waals surface area (Å²) in [6.07, 6.45) is 5.91. The number of carbonyl (C=O) groups is 2. The molecule has 1 aliphatic carbocycles. The second kappa shape index (κ2) is 7.78. The van der Waals surface area contributed by atoms with Crippen molar-refractivity contribution in [3.8, 4) is 0 Å². The SMILES string of the molecule is NC(=O)C1CN([C@@H](CC2CCCCC2)c2ccc(F)c(Cl)c2F)C(=O)N1. The fourth-order valence-electron chi connectivity index (χ4n) is 3.95. The second-order valence-electron chi connectivity index (χ2n) is 7.08. The summed E-state index contributed by atoms with van der Waals surface area (Å²) in [6.45, 7) is 0.0555. The first kappa shape index (κ1) is 18.9. The summed E-state index contributed by atoms with van der Waals surface area (Å²) in [5, 5.41) is 1.94. The summed E-state index contributed by atoms with van der Waals surface area (Å²) in [7, 11) is 0. The van der Waals surface area contributed by atoms with E-state index >= 15 is 0 Å². The molecule has 1 aromatic rings. The zero-order valence-corrected chi connectivity index (χ0v) is 15.1. The van der Waals surface area contributed by atoms with Gasteiger partial charge in [0.1, 0.15) is 22.7 Å². The van der Waals surface area contributed by atoms with Crippen molar-refractivity contribution in [3.05, 3.63) is 34.4 Å². The van der Waals surface area contributed by atoms with E-state index in [0.29, 0.717) is 12.3 Å². The number of nitrogens with two attached hydrogens (primary N) is 1. The predicted octanol–water partition coefficient (Wildman–Crippen LogP) is 3.51. The molecule has 1 aliphatic heterocycles. The van der Waals surface area contributed by atoms with Gasteiger partial charge in [-0.15, -0.1) is 0 Å². The number of benzene rings is 1. The van der Waals surface area contributed by atoms with E-state index < -0.39 is 40.7 Å². The molecule has 2 fully saturated rings. The van der Waals surface area contributed by atoms with Crippen LogP contribution >= 0.6 is 11.6 Å². The fraction of sp³-hybridized carbons (Fsp3) is 0.556. The van der Waals surface area contributed by atoms with Crippen molar-refractivity contribution < 1.29 is 18.4 Å². The number of rotatable bonds is 5. The molecule has 1 aromatic carbocycles. The van der Waals surface area contributed by atoms with Crippen LogP contribution in [0.25, 0.3) is 0 Å². The topological polar surface area (TPSA) is 75.4 Å². The normalized spacial score (nSPS) is 22.3. The summed E-state index contributed by atoms with van der Waals surface area (Å²) in [6, 6.07) is 0.508. The Morgan fingerprint density at radius 3 is 2.62 bits per heavy atom. The molecule has 5 nitrogen and oxygen atoms in total. The van der Waals surface area contributed by atoms with Crippen LogP contribution in [0.15, 0.2) is 12.1 Å². The predicted molar refractivity (Wildman–Crippen MR) is 93.5 cm³/mol. The van der Waals surface area contributed by atoms with Crippen LogP contribution in [-0.4, -0.2) is 29.4 Å². The van der Waals surface area contributed by atoms with Crippen LogP contribution in [0.2, 0.25) is 5.02 Å². The van der Waals surface area contributed by atoms with E-state index in [-0.39, 0.29) is 12.1 Å². The molecule has 3 N–H and O–H groups in total. The maximum atomic E-state index is 14.7. The molecule has 2 atom stereocenters. The Kier molecular flexibility index (Phi) is 5.65. The fourth-order valence-corrected chi connectivity index (χ4v) is 4.12. The number of halogens is 3. The number of nitrogens with one attached hydrogen (secondary N) is 1. The number of urea groups is 1. The molecule has 26 heavy (non-hydrogen) atoms. The first-order valence-electron chi connectivity index (χ1n) is 8.88. The third-order valence-electron chi connectivity index (χ3n) is 5.36. The van der Waals surface area contributed by atoms with Crippen LogP contribution in [0.1, 0.15) is 50.1 Å². The molecule has 0 radical (unpaired) electrons. The van der Waals surface area contributed by atoms with Crippen LogP contribution < -0.4 is 11.1 Å². The van der Waals surface area contributed by atoms with Crippen molar-refractivity contribution in [2.45, 2.75) is 50.6 Å². The molecule has 0 bridgehead atoms. The van der Waals surface area contributed by atoms with Crippen LogP contribution in [0.3, 0.4) is 0 Å². The monoisotopic (exact) mass is 385 g/mol. The van der Waals surface area contributed by atoms with E-state index in [2.05, 4.69) is 5.32 Å². The Morgan fingerprint density at radius 2 is 2.00 bits per heavy atom. The molecule has 3 rings (SSSR count). The Hall–Kier alpha value is -1.89. The number of carbonyl (C=O) groups excluding carboxylic acids is 2. The minimum absolute atomic E-state index is 0.0555. The maximum absolute atomic E-state index is 14.7. The number of hydrogen-bond donors (Lipinski definition) is 2. The van der Waals surface area contributed by atoms with Crippen molar-refractivity contribution in [1.82, 2.24) is 10.2 Å². The minimum atomic E-state index is -0.859. The molecule has 1 heterocycles. The van der Waals surface area contributed by atoms with Crippen LogP contribution in [0.4, 0.5) is 13.6 Å². The molecule has 1 saturated carbocycles. The molecule has 0 aromatic heterocycles. The van der Waals surface area contributed by atoms with Crippen molar-refractivity contribution in [3.63, 3.8) is 0 Å². The number of amides is 3. The molecular weight excluding hydrogens is 364 g/mol. The molecule has 1 saturated heterocycles. The van der Waals surface area contributed by atoms with E-state index in [4.69, 9.17) is 17.3 Å². The van der Waals surface area contributed by atoms with Gasteiger partial charge in [-0.25, -0.2) is 13.6 Å². The molecule has 0 spiro atoms. The van der Waals surface area contributed by atoms with Gasteiger partial charge in [0, 0.05) is 5.56 Å². The summed E-state index contributed by atoms with van der Waals surface area (Å²) >= 11 is 5.75. The highest BCUT2D eigenvalue weighted by Crippen LogP contribution is 2.38. The van der Waals surface area contributed by atoms with Gasteiger partial charge in [0.25, 0.3) is 0 Å². The molecule has 8 heteroatoms. The van der Waals surface area contributed by atoms with Gasteiger partial charge in [-0.2, -0.15) is 0 Å². The van der Waals surface area contributed by atoms with Gasteiger partial charge in [-0.1, -0.05) is 49.8 Å². The van der Waals surface area contributed by atoms with Crippen molar-refractivity contribution in [2.24, 2.45) is 11.7 Å². The lowest BCUT2D eigenvalue weighted by molar-refractivity contribution is -0.119. The van der Waals surface area contributed by atoms with Gasteiger partial charge in [-0.3, -0.25) is 4.79 Å². The number of primary amides is 1. The lowest BCUT2D eigenvalue weighted by Gasteiger charge is -2.32. The second-order valence-corrected chi connectivity index (χ2v) is 7.45. The maximum Gasteiger partial charge on any atom is 0.318 e. The molecule has 2 aliphatic rings. The van der Waals surface area contributed by atoms with E-state index in [1.807, 2.05) is 0 Å². The van der Waals surface area contributed by atoms with Crippen LogP contribution in [0, 0.1) is 17.6 Å². The third-order valence-corrected chi connectivity index (χ3v) is 5.71. The standard InChI is InChI=1S/C18H22ClF2N3O2/c19-15-12(20)7-6-11(16(15)21)14(8-10-4-2-1-3-5-10)24-9-13(17(22)25)23-18(24)26/h6-7,10,13-14H,1-5,8-9H2,(H2,22,25)(H,23,26)/t13?,14-/m0/s1. The summed E-state index contributed by atoms with van der Waals surface area (Å²) in [4.78, 5) is 25.2. The van der Waals surface area contributed by atoms with Gasteiger partial charge in [0.15, 0.2) is 0 Å². The van der Waals surface area contributed by atoms with Gasteiger partial charge >= 0.3 is 6.03 Å². The molecular formula is C18H22ClF2N3O2. The summed E-state index contributed by atoms with van der Waals surface area (Å²) in [5.74, 6) is -2.01.